The number of carbonyl (C=O) groups excluding carboxylic acids is 2. The van der Waals surface area contributed by atoms with Crippen molar-refractivity contribution in [3.05, 3.63) is 23.8 Å². The van der Waals surface area contributed by atoms with E-state index in [1.807, 2.05) is 0 Å². The van der Waals surface area contributed by atoms with Gasteiger partial charge in [-0.1, -0.05) is 0 Å². The van der Waals surface area contributed by atoms with Gasteiger partial charge in [-0.2, -0.15) is 0 Å². The van der Waals surface area contributed by atoms with E-state index in [-0.39, 0.29) is 29.4 Å². The van der Waals surface area contributed by atoms with Gasteiger partial charge in [0, 0.05) is 0 Å². The Morgan fingerprint density at radius 3 is 2.52 bits per heavy atom. The molecule has 0 fully saturated rings. The van der Waals surface area contributed by atoms with Gasteiger partial charge < -0.3 is 14.8 Å². The van der Waals surface area contributed by atoms with Crippen LogP contribution in [-0.4, -0.2) is 40.6 Å². The van der Waals surface area contributed by atoms with Crippen LogP contribution in [-0.2, 0) is 19.6 Å². The molecule has 0 radical (unpaired) electrons. The molecule has 1 amide bonds. The fraction of sp³-hybridized carbons (Fsp3) is 0.333. The Bertz CT molecular complexity index is 641. The Hall–Kier alpha value is -2.13. The van der Waals surface area contributed by atoms with E-state index < -0.39 is 21.9 Å². The van der Waals surface area contributed by atoms with Crippen molar-refractivity contribution in [2.75, 3.05) is 20.3 Å². The molecule has 0 atom stereocenters. The van der Waals surface area contributed by atoms with E-state index in [9.17, 15) is 18.0 Å². The molecular formula is C12H16N2O6S. The summed E-state index contributed by atoms with van der Waals surface area (Å²) in [5.41, 5.74) is -0.0478. The fourth-order valence-electron chi connectivity index (χ4n) is 1.50. The van der Waals surface area contributed by atoms with Gasteiger partial charge in [0.2, 0.25) is 10.0 Å². The molecule has 0 heterocycles. The maximum absolute atomic E-state index is 12.0. The Morgan fingerprint density at radius 1 is 1.33 bits per heavy atom. The summed E-state index contributed by atoms with van der Waals surface area (Å²) >= 11 is 0. The highest BCUT2D eigenvalue weighted by Gasteiger charge is 2.18. The SMILES string of the molecule is CCOC(=O)CNC(=O)c1cc(S(N)(=O)=O)ccc1OC. The molecule has 21 heavy (non-hydrogen) atoms. The smallest absolute Gasteiger partial charge is 0.325 e. The predicted octanol–water partition coefficient (Wildman–Crippen LogP) is -0.364. The number of hydrogen-bond donors (Lipinski definition) is 2. The molecule has 1 rings (SSSR count). The zero-order chi connectivity index (χ0) is 16.0. The van der Waals surface area contributed by atoms with Crippen LogP contribution in [0.4, 0.5) is 0 Å². The first kappa shape index (κ1) is 16.9. The number of methoxy groups -OCH3 is 1. The summed E-state index contributed by atoms with van der Waals surface area (Å²) in [5, 5.41) is 7.31. The Morgan fingerprint density at radius 2 is 2.00 bits per heavy atom. The lowest BCUT2D eigenvalue weighted by molar-refractivity contribution is -0.141. The average molecular weight is 316 g/mol. The first-order valence-electron chi connectivity index (χ1n) is 5.94. The molecule has 1 aromatic rings. The van der Waals surface area contributed by atoms with Gasteiger partial charge in [-0.3, -0.25) is 9.59 Å². The Balaban J connectivity index is 2.99. The molecule has 0 unspecified atom stereocenters. The summed E-state index contributed by atoms with van der Waals surface area (Å²) in [6.07, 6.45) is 0. The number of benzene rings is 1. The van der Waals surface area contributed by atoms with Crippen LogP contribution >= 0.6 is 0 Å². The van der Waals surface area contributed by atoms with Gasteiger partial charge in [0.05, 0.1) is 24.2 Å². The van der Waals surface area contributed by atoms with Gasteiger partial charge in [-0.25, -0.2) is 13.6 Å². The number of sulfonamides is 1. The first-order valence-corrected chi connectivity index (χ1v) is 7.49. The summed E-state index contributed by atoms with van der Waals surface area (Å²) in [6.45, 7) is 1.49. The van der Waals surface area contributed by atoms with Crippen LogP contribution < -0.4 is 15.2 Å². The number of carbonyl (C=O) groups is 2. The van der Waals surface area contributed by atoms with Gasteiger partial charge in [-0.15, -0.1) is 0 Å². The van der Waals surface area contributed by atoms with E-state index in [0.29, 0.717) is 0 Å². The number of amides is 1. The van der Waals surface area contributed by atoms with Gasteiger partial charge in [0.1, 0.15) is 12.3 Å². The monoisotopic (exact) mass is 316 g/mol. The number of ether oxygens (including phenoxy) is 2. The number of nitrogens with two attached hydrogens (primary N) is 1. The highest BCUT2D eigenvalue weighted by Crippen LogP contribution is 2.21. The zero-order valence-electron chi connectivity index (χ0n) is 11.6. The van der Waals surface area contributed by atoms with Gasteiger partial charge >= 0.3 is 5.97 Å². The van der Waals surface area contributed by atoms with Crippen LogP contribution in [0.25, 0.3) is 0 Å². The number of hydrogen-bond acceptors (Lipinski definition) is 6. The second kappa shape index (κ2) is 7.04. The second-order valence-corrected chi connectivity index (χ2v) is 5.46. The Labute approximate surface area is 122 Å². The molecular weight excluding hydrogens is 300 g/mol. The van der Waals surface area contributed by atoms with Gasteiger partial charge in [0.15, 0.2) is 0 Å². The molecule has 0 aliphatic heterocycles. The zero-order valence-corrected chi connectivity index (χ0v) is 12.4. The lowest BCUT2D eigenvalue weighted by Gasteiger charge is -2.10. The van der Waals surface area contributed by atoms with Crippen LogP contribution in [0.5, 0.6) is 5.75 Å². The number of esters is 1. The molecule has 0 saturated heterocycles. The molecule has 1 aromatic carbocycles. The van der Waals surface area contributed by atoms with Crippen LogP contribution in [0.2, 0.25) is 0 Å². The molecule has 0 bridgehead atoms. The average Bonchev–Trinajstić information content (AvgIpc) is 2.43. The van der Waals surface area contributed by atoms with Crippen molar-refractivity contribution in [1.82, 2.24) is 5.32 Å². The molecule has 0 spiro atoms. The lowest BCUT2D eigenvalue weighted by Crippen LogP contribution is -2.31. The van der Waals surface area contributed by atoms with Gasteiger partial charge in [0.25, 0.3) is 5.91 Å². The third-order valence-electron chi connectivity index (χ3n) is 2.44. The predicted molar refractivity (Wildman–Crippen MR) is 73.3 cm³/mol. The van der Waals surface area contributed by atoms with Crippen LogP contribution in [0.15, 0.2) is 23.1 Å². The van der Waals surface area contributed by atoms with Crippen LogP contribution in [0.3, 0.4) is 0 Å². The van der Waals surface area contributed by atoms with Crippen LogP contribution in [0, 0.1) is 0 Å². The quantitative estimate of drug-likeness (QED) is 0.690. The highest BCUT2D eigenvalue weighted by molar-refractivity contribution is 7.89. The second-order valence-electron chi connectivity index (χ2n) is 3.89. The maximum atomic E-state index is 12.0. The van der Waals surface area contributed by atoms with E-state index in [4.69, 9.17) is 9.88 Å². The summed E-state index contributed by atoms with van der Waals surface area (Å²) in [5.74, 6) is -1.12. The van der Waals surface area contributed by atoms with Crippen molar-refractivity contribution in [2.45, 2.75) is 11.8 Å². The van der Waals surface area contributed by atoms with E-state index in [1.165, 1.54) is 19.2 Å². The molecule has 0 saturated carbocycles. The molecule has 9 heteroatoms. The normalized spacial score (nSPS) is 10.8. The fourth-order valence-corrected chi connectivity index (χ4v) is 2.04. The molecule has 0 aliphatic rings. The summed E-state index contributed by atoms with van der Waals surface area (Å²) < 4.78 is 32.2. The van der Waals surface area contributed by atoms with E-state index in [2.05, 4.69) is 10.1 Å². The van der Waals surface area contributed by atoms with E-state index in [0.717, 1.165) is 6.07 Å². The number of primary sulfonamides is 1. The molecule has 0 aliphatic carbocycles. The van der Waals surface area contributed by atoms with E-state index in [1.54, 1.807) is 6.92 Å². The third-order valence-corrected chi connectivity index (χ3v) is 3.35. The minimum absolute atomic E-state index is 0.0478. The summed E-state index contributed by atoms with van der Waals surface area (Å²) in [4.78, 5) is 22.9. The third kappa shape index (κ3) is 4.72. The minimum Gasteiger partial charge on any atom is -0.496 e. The molecule has 8 nitrogen and oxygen atoms in total. The van der Waals surface area contributed by atoms with E-state index >= 15 is 0 Å². The van der Waals surface area contributed by atoms with Crippen molar-refractivity contribution in [1.29, 1.82) is 0 Å². The van der Waals surface area contributed by atoms with Crippen LogP contribution in [0.1, 0.15) is 17.3 Å². The first-order chi connectivity index (χ1) is 9.79. The Kier molecular flexibility index (Phi) is 5.68. The van der Waals surface area contributed by atoms with Crippen molar-refractivity contribution in [2.24, 2.45) is 5.14 Å². The minimum atomic E-state index is -3.95. The van der Waals surface area contributed by atoms with Gasteiger partial charge in [-0.05, 0) is 25.1 Å². The molecule has 3 N–H and O–H groups in total. The number of nitrogens with one attached hydrogen (secondary N) is 1. The standard InChI is InChI=1S/C12H16N2O6S/c1-3-20-11(15)7-14-12(16)9-6-8(21(13,17)18)4-5-10(9)19-2/h4-6H,3,7H2,1-2H3,(H,14,16)(H2,13,17,18). The molecule has 116 valence electrons. The maximum Gasteiger partial charge on any atom is 0.325 e. The largest absolute Gasteiger partial charge is 0.496 e. The van der Waals surface area contributed by atoms with Crippen molar-refractivity contribution >= 4 is 21.9 Å². The summed E-state index contributed by atoms with van der Waals surface area (Å²) in [6, 6.07) is 3.60. The molecule has 0 aromatic heterocycles. The topological polar surface area (TPSA) is 125 Å². The van der Waals surface area contributed by atoms with Crippen molar-refractivity contribution in [3.8, 4) is 5.75 Å². The number of rotatable bonds is 6. The highest BCUT2D eigenvalue weighted by atomic mass is 32.2. The summed E-state index contributed by atoms with van der Waals surface area (Å²) in [7, 11) is -2.62. The van der Waals surface area contributed by atoms with Crippen molar-refractivity contribution < 1.29 is 27.5 Å². The lowest BCUT2D eigenvalue weighted by atomic mass is 10.2. The van der Waals surface area contributed by atoms with Crippen molar-refractivity contribution in [3.63, 3.8) is 0 Å².